The lowest BCUT2D eigenvalue weighted by molar-refractivity contribution is 0.0978. The second kappa shape index (κ2) is 5.77. The predicted octanol–water partition coefficient (Wildman–Crippen LogP) is 2.10. The summed E-state index contributed by atoms with van der Waals surface area (Å²) in [6, 6.07) is 3.27. The monoisotopic (exact) mass is 336 g/mol. The smallest absolute Gasteiger partial charge is 0.310 e. The molecular formula is C15H16N2O5S. The SMILES string of the molecule is CC(C)Oc1nccc2cc3c(nc12)OS(=O)(=O)CCCC3=O. The average molecular weight is 336 g/mol. The van der Waals surface area contributed by atoms with Crippen LogP contribution in [0.15, 0.2) is 18.3 Å². The van der Waals surface area contributed by atoms with Crippen LogP contribution in [0.1, 0.15) is 37.0 Å². The van der Waals surface area contributed by atoms with Gasteiger partial charge in [0.2, 0.25) is 11.8 Å². The van der Waals surface area contributed by atoms with Gasteiger partial charge in [-0.25, -0.2) is 9.97 Å². The van der Waals surface area contributed by atoms with Crippen LogP contribution in [0.5, 0.6) is 11.8 Å². The van der Waals surface area contributed by atoms with E-state index in [2.05, 4.69) is 9.97 Å². The number of Topliss-reactive ketones (excluding diaryl/α,β-unsaturated/α-hetero) is 1. The fourth-order valence-corrected chi connectivity index (χ4v) is 3.28. The largest absolute Gasteiger partial charge is 0.473 e. The molecule has 0 aromatic carbocycles. The summed E-state index contributed by atoms with van der Waals surface area (Å²) >= 11 is 0. The molecule has 0 aliphatic carbocycles. The maximum absolute atomic E-state index is 12.2. The van der Waals surface area contributed by atoms with Crippen molar-refractivity contribution in [3.63, 3.8) is 0 Å². The van der Waals surface area contributed by atoms with Crippen LogP contribution >= 0.6 is 0 Å². The van der Waals surface area contributed by atoms with Gasteiger partial charge in [0.1, 0.15) is 5.52 Å². The van der Waals surface area contributed by atoms with Gasteiger partial charge in [-0.2, -0.15) is 8.42 Å². The van der Waals surface area contributed by atoms with Gasteiger partial charge in [0.15, 0.2) is 5.78 Å². The first-order chi connectivity index (χ1) is 10.9. The second-order valence-corrected chi connectivity index (χ2v) is 7.26. The highest BCUT2D eigenvalue weighted by Gasteiger charge is 2.26. The minimum atomic E-state index is -3.76. The van der Waals surface area contributed by atoms with Crippen molar-refractivity contribution in [1.29, 1.82) is 0 Å². The number of aromatic nitrogens is 2. The molecule has 3 rings (SSSR count). The standard InChI is InChI=1S/C15H16N2O5S/c1-9(2)21-15-13-10(5-6-16-15)8-11-12(18)4-3-7-23(19,20)22-14(11)17-13/h5-6,8-9H,3-4,7H2,1-2H3. The maximum Gasteiger partial charge on any atom is 0.310 e. The van der Waals surface area contributed by atoms with Crippen molar-refractivity contribution in [2.24, 2.45) is 0 Å². The van der Waals surface area contributed by atoms with E-state index in [0.29, 0.717) is 10.9 Å². The van der Waals surface area contributed by atoms with Gasteiger partial charge in [0.25, 0.3) is 0 Å². The Bertz CT molecular complexity index is 877. The number of nitrogens with zero attached hydrogens (tertiary/aromatic N) is 2. The van der Waals surface area contributed by atoms with Crippen molar-refractivity contribution in [3.05, 3.63) is 23.9 Å². The zero-order valence-electron chi connectivity index (χ0n) is 12.8. The lowest BCUT2D eigenvalue weighted by atomic mass is 10.1. The summed E-state index contributed by atoms with van der Waals surface area (Å²) in [5.74, 6) is -0.327. The lowest BCUT2D eigenvalue weighted by Gasteiger charge is -2.15. The van der Waals surface area contributed by atoms with Crippen LogP contribution in [-0.4, -0.2) is 36.0 Å². The Labute approximate surface area is 133 Å². The molecule has 0 spiro atoms. The van der Waals surface area contributed by atoms with Crippen molar-refractivity contribution in [1.82, 2.24) is 9.97 Å². The van der Waals surface area contributed by atoms with Crippen molar-refractivity contribution in [2.45, 2.75) is 32.8 Å². The van der Waals surface area contributed by atoms with Crippen LogP contribution in [0.25, 0.3) is 10.9 Å². The fraction of sp³-hybridized carbons (Fsp3) is 0.400. The molecule has 0 N–H and O–H groups in total. The van der Waals surface area contributed by atoms with Gasteiger partial charge in [-0.1, -0.05) is 0 Å². The molecule has 1 aliphatic heterocycles. The molecule has 122 valence electrons. The fourth-order valence-electron chi connectivity index (χ4n) is 2.34. The van der Waals surface area contributed by atoms with Gasteiger partial charge >= 0.3 is 10.1 Å². The Morgan fingerprint density at radius 1 is 1.35 bits per heavy atom. The van der Waals surface area contributed by atoms with E-state index in [0.717, 1.165) is 0 Å². The first kappa shape index (κ1) is 15.7. The zero-order valence-corrected chi connectivity index (χ0v) is 13.6. The minimum Gasteiger partial charge on any atom is -0.473 e. The number of ketones is 1. The molecule has 2 aromatic heterocycles. The summed E-state index contributed by atoms with van der Waals surface area (Å²) in [6.07, 6.45) is 1.81. The molecule has 8 heteroatoms. The van der Waals surface area contributed by atoms with Crippen molar-refractivity contribution in [3.8, 4) is 11.8 Å². The Hall–Kier alpha value is -2.22. The Balaban J connectivity index is 2.22. The molecule has 0 saturated heterocycles. The molecule has 0 saturated carbocycles. The van der Waals surface area contributed by atoms with Crippen LogP contribution in [0.4, 0.5) is 0 Å². The third-order valence-electron chi connectivity index (χ3n) is 3.32. The number of carbonyl (C=O) groups excluding carboxylic acids is 1. The van der Waals surface area contributed by atoms with Crippen molar-refractivity contribution >= 4 is 26.8 Å². The number of hydrogen-bond acceptors (Lipinski definition) is 7. The summed E-state index contributed by atoms with van der Waals surface area (Å²) in [5, 5.41) is 0.643. The van der Waals surface area contributed by atoms with E-state index in [1.807, 2.05) is 13.8 Å². The summed E-state index contributed by atoms with van der Waals surface area (Å²) in [4.78, 5) is 20.5. The Morgan fingerprint density at radius 3 is 2.87 bits per heavy atom. The first-order valence-electron chi connectivity index (χ1n) is 7.27. The number of carbonyl (C=O) groups is 1. The third kappa shape index (κ3) is 3.26. The Morgan fingerprint density at radius 2 is 2.13 bits per heavy atom. The summed E-state index contributed by atoms with van der Waals surface area (Å²) in [5.41, 5.74) is 0.533. The molecule has 2 aromatic rings. The van der Waals surface area contributed by atoms with E-state index < -0.39 is 10.1 Å². The van der Waals surface area contributed by atoms with Crippen molar-refractivity contribution in [2.75, 3.05) is 5.75 Å². The normalized spacial score (nSPS) is 17.3. The molecule has 7 nitrogen and oxygen atoms in total. The molecule has 0 bridgehead atoms. The number of ether oxygens (including phenoxy) is 1. The number of rotatable bonds is 2. The van der Waals surface area contributed by atoms with Crippen LogP contribution < -0.4 is 8.92 Å². The van der Waals surface area contributed by atoms with Crippen LogP contribution in [0.2, 0.25) is 0 Å². The minimum absolute atomic E-state index is 0.122. The van der Waals surface area contributed by atoms with E-state index in [1.54, 1.807) is 18.3 Å². The van der Waals surface area contributed by atoms with E-state index in [-0.39, 0.29) is 47.8 Å². The molecule has 3 heterocycles. The van der Waals surface area contributed by atoms with Gasteiger partial charge in [-0.05, 0) is 32.4 Å². The third-order valence-corrected chi connectivity index (χ3v) is 4.52. The highest BCUT2D eigenvalue weighted by Crippen LogP contribution is 2.30. The number of fused-ring (bicyclic) bond motifs is 2. The van der Waals surface area contributed by atoms with Gasteiger partial charge in [-0.15, -0.1) is 0 Å². The molecule has 0 fully saturated rings. The van der Waals surface area contributed by atoms with Crippen LogP contribution in [0.3, 0.4) is 0 Å². The first-order valence-corrected chi connectivity index (χ1v) is 8.85. The molecular weight excluding hydrogens is 320 g/mol. The van der Waals surface area contributed by atoms with E-state index in [1.165, 1.54) is 0 Å². The zero-order chi connectivity index (χ0) is 16.6. The van der Waals surface area contributed by atoms with Gasteiger partial charge in [0.05, 0.1) is 17.4 Å². The molecule has 0 atom stereocenters. The Kier molecular flexibility index (Phi) is 3.93. The van der Waals surface area contributed by atoms with E-state index in [9.17, 15) is 13.2 Å². The van der Waals surface area contributed by atoms with Crippen LogP contribution in [-0.2, 0) is 10.1 Å². The maximum atomic E-state index is 12.2. The number of hydrogen-bond donors (Lipinski definition) is 0. The highest BCUT2D eigenvalue weighted by atomic mass is 32.2. The molecule has 0 unspecified atom stereocenters. The van der Waals surface area contributed by atoms with Crippen LogP contribution in [0, 0.1) is 0 Å². The average Bonchev–Trinajstić information content (AvgIpc) is 2.45. The molecule has 1 aliphatic rings. The van der Waals surface area contributed by atoms with Gasteiger partial charge < -0.3 is 8.92 Å². The van der Waals surface area contributed by atoms with E-state index >= 15 is 0 Å². The lowest BCUT2D eigenvalue weighted by Crippen LogP contribution is -2.20. The molecule has 0 radical (unpaired) electrons. The predicted molar refractivity (Wildman–Crippen MR) is 83.3 cm³/mol. The topological polar surface area (TPSA) is 95.5 Å². The highest BCUT2D eigenvalue weighted by molar-refractivity contribution is 7.87. The van der Waals surface area contributed by atoms with Gasteiger partial charge in [-0.3, -0.25) is 4.79 Å². The number of pyridine rings is 2. The van der Waals surface area contributed by atoms with Crippen molar-refractivity contribution < 1.29 is 22.1 Å². The molecule has 23 heavy (non-hydrogen) atoms. The van der Waals surface area contributed by atoms with E-state index in [4.69, 9.17) is 8.92 Å². The molecule has 0 amide bonds. The summed E-state index contributed by atoms with van der Waals surface area (Å²) < 4.78 is 34.4. The summed E-state index contributed by atoms with van der Waals surface area (Å²) in [6.45, 7) is 3.69. The second-order valence-electron chi connectivity index (χ2n) is 5.57. The quantitative estimate of drug-likeness (QED) is 0.775. The summed E-state index contributed by atoms with van der Waals surface area (Å²) in [7, 11) is -3.76. The van der Waals surface area contributed by atoms with Gasteiger partial charge in [0, 0.05) is 18.0 Å².